The second-order valence-electron chi connectivity index (χ2n) is 7.71. The normalized spacial score (nSPS) is 12.5. The molecule has 0 amide bonds. The second-order valence-corrected chi connectivity index (χ2v) is 10.3. The molecule has 33 heavy (non-hydrogen) atoms. The van der Waals surface area contributed by atoms with Crippen LogP contribution in [0.1, 0.15) is 24.5 Å². The number of hydrogen-bond acceptors (Lipinski definition) is 8. The minimum absolute atomic E-state index is 0.101. The Morgan fingerprint density at radius 1 is 1.15 bits per heavy atom. The summed E-state index contributed by atoms with van der Waals surface area (Å²) >= 11 is 0. The van der Waals surface area contributed by atoms with Crippen LogP contribution in [0.25, 0.3) is 10.9 Å². The fourth-order valence-corrected chi connectivity index (χ4v) is 3.79. The first kappa shape index (κ1) is 22.6. The zero-order valence-electron chi connectivity index (χ0n) is 18.3. The number of rotatable bonds is 6. The van der Waals surface area contributed by atoms with Gasteiger partial charge in [-0.3, -0.25) is 0 Å². The molecule has 1 unspecified atom stereocenters. The molecule has 0 saturated heterocycles. The molecule has 2 heterocycles. The van der Waals surface area contributed by atoms with Crippen LogP contribution in [0.5, 0.6) is 5.75 Å². The number of anilines is 2. The summed E-state index contributed by atoms with van der Waals surface area (Å²) in [5.41, 5.74) is 1.53. The molecule has 0 saturated carbocycles. The van der Waals surface area contributed by atoms with Crippen molar-refractivity contribution < 1.29 is 22.2 Å². The van der Waals surface area contributed by atoms with Gasteiger partial charge in [0.05, 0.1) is 28.0 Å². The fourth-order valence-electron chi connectivity index (χ4n) is 3.18. The Labute approximate surface area is 189 Å². The predicted molar refractivity (Wildman–Crippen MR) is 122 cm³/mol. The number of fused-ring (bicyclic) bond motifs is 1. The minimum Gasteiger partial charge on any atom is -0.480 e. The Morgan fingerprint density at radius 2 is 1.94 bits per heavy atom. The molecule has 1 atom stereocenters. The molecule has 4 rings (SSSR count). The molecule has 0 bridgehead atoms. The van der Waals surface area contributed by atoms with E-state index in [-0.39, 0.29) is 28.2 Å². The van der Waals surface area contributed by atoms with Crippen molar-refractivity contribution in [3.05, 3.63) is 65.8 Å². The summed E-state index contributed by atoms with van der Waals surface area (Å²) in [5.74, 6) is -0.359. The van der Waals surface area contributed by atoms with E-state index in [2.05, 4.69) is 24.8 Å². The number of nitrogens with one attached hydrogen (secondary N) is 1. The summed E-state index contributed by atoms with van der Waals surface area (Å²) in [5, 5.41) is 6.93. The highest BCUT2D eigenvalue weighted by molar-refractivity contribution is 7.92. The van der Waals surface area contributed by atoms with Crippen LogP contribution in [0.3, 0.4) is 0 Å². The average molecular weight is 474 g/mol. The van der Waals surface area contributed by atoms with Crippen molar-refractivity contribution >= 4 is 37.8 Å². The van der Waals surface area contributed by atoms with E-state index in [1.807, 2.05) is 0 Å². The van der Waals surface area contributed by atoms with Gasteiger partial charge in [-0.15, -0.1) is 0 Å². The molecule has 0 aliphatic carbocycles. The summed E-state index contributed by atoms with van der Waals surface area (Å²) in [4.78, 5) is 8.25. The summed E-state index contributed by atoms with van der Waals surface area (Å²) in [6.45, 7) is 3.51. The van der Waals surface area contributed by atoms with Crippen LogP contribution in [-0.4, -0.2) is 31.8 Å². The van der Waals surface area contributed by atoms with Crippen molar-refractivity contribution in [2.45, 2.75) is 20.0 Å². The Morgan fingerprint density at radius 3 is 2.64 bits per heavy atom. The van der Waals surface area contributed by atoms with E-state index in [4.69, 9.17) is 9.26 Å². The van der Waals surface area contributed by atoms with Crippen LogP contribution in [0, 0.1) is 18.6 Å². The van der Waals surface area contributed by atoms with Crippen molar-refractivity contribution in [2.75, 3.05) is 17.8 Å². The predicted octanol–water partition coefficient (Wildman–Crippen LogP) is 5.45. The minimum atomic E-state index is -2.48. The summed E-state index contributed by atoms with van der Waals surface area (Å²) in [6.07, 6.45) is 3.61. The second kappa shape index (κ2) is 8.74. The van der Waals surface area contributed by atoms with Gasteiger partial charge in [0, 0.05) is 40.4 Å². The molecule has 172 valence electrons. The maximum absolute atomic E-state index is 15.0. The van der Waals surface area contributed by atoms with Gasteiger partial charge in [0.1, 0.15) is 29.5 Å². The third-order valence-electron chi connectivity index (χ3n) is 4.55. The highest BCUT2D eigenvalue weighted by atomic mass is 32.2. The standard InChI is InChI=1S/C22H21F2N5O3S/c1-12-7-19(32-28-12)13(2)31-20-8-14(23)5-6-17(20)27-22-21-16(24)9-15(29-33(3,4)30)10-18(21)25-11-26-22/h5-11,13H,1-4H3,(H,25,26,27). The van der Waals surface area contributed by atoms with Gasteiger partial charge in [-0.25, -0.2) is 23.0 Å². The first-order chi connectivity index (χ1) is 15.6. The number of benzene rings is 2. The third kappa shape index (κ3) is 5.25. The van der Waals surface area contributed by atoms with E-state index in [1.165, 1.54) is 49.2 Å². The fraction of sp³-hybridized carbons (Fsp3) is 0.227. The van der Waals surface area contributed by atoms with Crippen LogP contribution in [-0.2, 0) is 9.73 Å². The molecule has 2 aromatic carbocycles. The molecule has 0 spiro atoms. The topological polar surface area (TPSA) is 102 Å². The summed E-state index contributed by atoms with van der Waals surface area (Å²) in [7, 11) is -2.48. The van der Waals surface area contributed by atoms with Gasteiger partial charge in [-0.1, -0.05) is 5.16 Å². The van der Waals surface area contributed by atoms with Crippen molar-refractivity contribution in [3.8, 4) is 5.75 Å². The highest BCUT2D eigenvalue weighted by Crippen LogP contribution is 2.35. The Bertz CT molecular complexity index is 1460. The maximum atomic E-state index is 15.0. The van der Waals surface area contributed by atoms with Gasteiger partial charge in [0.15, 0.2) is 11.9 Å². The monoisotopic (exact) mass is 473 g/mol. The molecule has 2 aromatic heterocycles. The molecule has 8 nitrogen and oxygen atoms in total. The van der Waals surface area contributed by atoms with Crippen molar-refractivity contribution in [1.29, 1.82) is 0 Å². The molecule has 0 aliphatic rings. The number of aryl methyl sites for hydroxylation is 1. The molecule has 0 fully saturated rings. The van der Waals surface area contributed by atoms with Gasteiger partial charge in [-0.05, 0) is 32.0 Å². The van der Waals surface area contributed by atoms with E-state index in [1.54, 1.807) is 19.9 Å². The van der Waals surface area contributed by atoms with E-state index in [0.29, 0.717) is 17.1 Å². The number of ether oxygens (including phenoxy) is 1. The van der Waals surface area contributed by atoms with Crippen molar-refractivity contribution in [3.63, 3.8) is 0 Å². The van der Waals surface area contributed by atoms with Crippen LogP contribution in [0.4, 0.5) is 26.0 Å². The quantitative estimate of drug-likeness (QED) is 0.397. The summed E-state index contributed by atoms with van der Waals surface area (Å²) in [6, 6.07) is 8.32. The Balaban J connectivity index is 1.72. The highest BCUT2D eigenvalue weighted by Gasteiger charge is 2.18. The lowest BCUT2D eigenvalue weighted by Gasteiger charge is -2.17. The van der Waals surface area contributed by atoms with Gasteiger partial charge in [-0.2, -0.15) is 4.36 Å². The lowest BCUT2D eigenvalue weighted by molar-refractivity contribution is 0.182. The molecular formula is C22H21F2N5O3S. The first-order valence-electron chi connectivity index (χ1n) is 9.87. The molecule has 11 heteroatoms. The molecule has 1 N–H and O–H groups in total. The van der Waals surface area contributed by atoms with Crippen molar-refractivity contribution in [2.24, 2.45) is 4.36 Å². The van der Waals surface area contributed by atoms with Crippen LogP contribution in [0.2, 0.25) is 0 Å². The van der Waals surface area contributed by atoms with E-state index < -0.39 is 27.5 Å². The lowest BCUT2D eigenvalue weighted by Crippen LogP contribution is -2.05. The molecule has 0 aliphatic heterocycles. The SMILES string of the molecule is Cc1cc(C(C)Oc2cc(F)ccc2Nc2ncnc3cc(N=S(C)(C)=O)cc(F)c23)on1. The number of halogens is 2. The van der Waals surface area contributed by atoms with E-state index in [9.17, 15) is 8.60 Å². The van der Waals surface area contributed by atoms with Gasteiger partial charge < -0.3 is 14.6 Å². The van der Waals surface area contributed by atoms with Gasteiger partial charge in [0.25, 0.3) is 0 Å². The van der Waals surface area contributed by atoms with Gasteiger partial charge in [0.2, 0.25) is 0 Å². The van der Waals surface area contributed by atoms with Crippen molar-refractivity contribution in [1.82, 2.24) is 15.1 Å². The van der Waals surface area contributed by atoms with Crippen LogP contribution in [0.15, 0.2) is 51.6 Å². The molecule has 4 aromatic rings. The number of nitrogens with zero attached hydrogens (tertiary/aromatic N) is 4. The van der Waals surface area contributed by atoms with Crippen LogP contribution >= 0.6 is 0 Å². The number of hydrogen-bond donors (Lipinski definition) is 1. The zero-order valence-corrected chi connectivity index (χ0v) is 19.1. The summed E-state index contributed by atoms with van der Waals surface area (Å²) < 4.78 is 56.1. The zero-order chi connectivity index (χ0) is 23.8. The maximum Gasteiger partial charge on any atom is 0.177 e. The molecule has 0 radical (unpaired) electrons. The van der Waals surface area contributed by atoms with Gasteiger partial charge >= 0.3 is 0 Å². The molecular weight excluding hydrogens is 452 g/mol. The van der Waals surface area contributed by atoms with E-state index >= 15 is 4.39 Å². The average Bonchev–Trinajstić information content (AvgIpc) is 3.15. The van der Waals surface area contributed by atoms with E-state index in [0.717, 1.165) is 0 Å². The number of aromatic nitrogens is 3. The Hall–Kier alpha value is -3.60. The first-order valence-corrected chi connectivity index (χ1v) is 12.2. The Kier molecular flexibility index (Phi) is 5.98. The smallest absolute Gasteiger partial charge is 0.177 e. The third-order valence-corrected chi connectivity index (χ3v) is 5.20. The largest absolute Gasteiger partial charge is 0.480 e. The lowest BCUT2D eigenvalue weighted by atomic mass is 10.2. The van der Waals surface area contributed by atoms with Crippen LogP contribution < -0.4 is 10.1 Å².